The number of anilines is 2. The minimum atomic E-state index is -0.244. The zero-order valence-corrected chi connectivity index (χ0v) is 16.5. The van der Waals surface area contributed by atoms with Crippen molar-refractivity contribution in [2.24, 2.45) is 0 Å². The molecule has 0 bridgehead atoms. The molecule has 2 aromatic carbocycles. The largest absolute Gasteiger partial charge is 0.495 e. The molecule has 7 nitrogen and oxygen atoms in total. The van der Waals surface area contributed by atoms with Gasteiger partial charge in [0.2, 0.25) is 0 Å². The molecule has 4 rings (SSSR count). The molecular weight excluding hydrogens is 366 g/mol. The molecule has 0 unspecified atom stereocenters. The molecule has 150 valence electrons. The predicted octanol–water partition coefficient (Wildman–Crippen LogP) is 4.25. The average Bonchev–Trinajstić information content (AvgIpc) is 2.98. The Hall–Kier alpha value is -3.35. The lowest BCUT2D eigenvalue weighted by molar-refractivity contribution is 0.256. The van der Waals surface area contributed by atoms with Crippen molar-refractivity contribution < 1.29 is 9.53 Å². The van der Waals surface area contributed by atoms with Crippen molar-refractivity contribution in [3.8, 4) is 5.75 Å². The molecule has 0 atom stereocenters. The van der Waals surface area contributed by atoms with Crippen molar-refractivity contribution in [1.29, 1.82) is 0 Å². The van der Waals surface area contributed by atoms with Crippen LogP contribution in [0.4, 0.5) is 16.2 Å². The maximum Gasteiger partial charge on any atom is 0.326 e. The number of para-hydroxylation sites is 3. The summed E-state index contributed by atoms with van der Waals surface area (Å²) in [5.41, 5.74) is 1.42. The van der Waals surface area contributed by atoms with E-state index in [9.17, 15) is 4.79 Å². The van der Waals surface area contributed by atoms with Gasteiger partial charge in [-0.25, -0.2) is 4.79 Å². The second-order valence-corrected chi connectivity index (χ2v) is 7.05. The van der Waals surface area contributed by atoms with E-state index in [0.717, 1.165) is 43.1 Å². The van der Waals surface area contributed by atoms with Gasteiger partial charge in [0.05, 0.1) is 19.3 Å². The van der Waals surface area contributed by atoms with E-state index in [1.54, 1.807) is 12.0 Å². The van der Waals surface area contributed by atoms with Gasteiger partial charge in [0.1, 0.15) is 11.6 Å². The van der Waals surface area contributed by atoms with E-state index in [1.807, 2.05) is 54.6 Å². The van der Waals surface area contributed by atoms with Crippen LogP contribution >= 0.6 is 0 Å². The maximum atomic E-state index is 13.2. The number of aromatic nitrogens is 3. The number of carbonyl (C=O) groups excluding carboxylic acids is 1. The van der Waals surface area contributed by atoms with Crippen LogP contribution in [0.25, 0.3) is 0 Å². The van der Waals surface area contributed by atoms with Crippen molar-refractivity contribution in [2.75, 3.05) is 17.3 Å². The molecule has 2 heterocycles. The zero-order valence-electron chi connectivity index (χ0n) is 16.5. The molecule has 0 spiro atoms. The third-order valence-electron chi connectivity index (χ3n) is 5.13. The molecule has 2 amide bonds. The number of carbonyl (C=O) groups is 1. The van der Waals surface area contributed by atoms with Crippen LogP contribution in [0.5, 0.6) is 5.75 Å². The van der Waals surface area contributed by atoms with Crippen LogP contribution < -0.4 is 15.0 Å². The van der Waals surface area contributed by atoms with E-state index in [4.69, 9.17) is 4.74 Å². The maximum absolute atomic E-state index is 13.2. The Bertz CT molecular complexity index is 970. The number of amides is 2. The Morgan fingerprint density at radius 3 is 2.69 bits per heavy atom. The molecule has 1 aliphatic rings. The number of nitrogens with zero attached hydrogens (tertiary/aromatic N) is 4. The van der Waals surface area contributed by atoms with Crippen molar-refractivity contribution in [3.63, 3.8) is 0 Å². The molecular formula is C22H25N5O2. The minimum absolute atomic E-state index is 0.244. The van der Waals surface area contributed by atoms with Gasteiger partial charge in [0.15, 0.2) is 5.82 Å². The molecule has 3 aromatic rings. The Morgan fingerprint density at radius 2 is 1.86 bits per heavy atom. The predicted molar refractivity (Wildman–Crippen MR) is 112 cm³/mol. The molecule has 7 heteroatoms. The monoisotopic (exact) mass is 391 g/mol. The summed E-state index contributed by atoms with van der Waals surface area (Å²) < 4.78 is 7.67. The van der Waals surface area contributed by atoms with E-state index in [2.05, 4.69) is 20.1 Å². The molecule has 1 aliphatic heterocycles. The first-order chi connectivity index (χ1) is 14.3. The van der Waals surface area contributed by atoms with Crippen LogP contribution in [0.2, 0.25) is 0 Å². The summed E-state index contributed by atoms with van der Waals surface area (Å²) in [7, 11) is 1.61. The summed E-state index contributed by atoms with van der Waals surface area (Å²) in [5.74, 6) is 2.42. The summed E-state index contributed by atoms with van der Waals surface area (Å²) in [5, 5.41) is 11.7. The lowest BCUT2D eigenvalue weighted by Crippen LogP contribution is -2.35. The molecule has 1 aromatic heterocycles. The van der Waals surface area contributed by atoms with Crippen LogP contribution in [-0.4, -0.2) is 27.9 Å². The van der Waals surface area contributed by atoms with E-state index in [-0.39, 0.29) is 6.03 Å². The number of hydrogen-bond acceptors (Lipinski definition) is 4. The number of ether oxygens (including phenoxy) is 1. The highest BCUT2D eigenvalue weighted by atomic mass is 16.5. The van der Waals surface area contributed by atoms with Gasteiger partial charge >= 0.3 is 6.03 Å². The van der Waals surface area contributed by atoms with Gasteiger partial charge < -0.3 is 14.6 Å². The SMILES string of the molecule is COc1ccccc1N(Cc1nnc2n1CCCCC2)C(=O)Nc1ccccc1. The van der Waals surface area contributed by atoms with Crippen LogP contribution in [0, 0.1) is 0 Å². The van der Waals surface area contributed by atoms with Gasteiger partial charge in [0, 0.05) is 18.7 Å². The van der Waals surface area contributed by atoms with Gasteiger partial charge in [-0.05, 0) is 37.1 Å². The van der Waals surface area contributed by atoms with E-state index >= 15 is 0 Å². The second kappa shape index (κ2) is 8.77. The minimum Gasteiger partial charge on any atom is -0.495 e. The number of hydrogen-bond donors (Lipinski definition) is 1. The normalized spacial score (nSPS) is 13.3. The summed E-state index contributed by atoms with van der Waals surface area (Å²) in [6.07, 6.45) is 4.34. The highest BCUT2D eigenvalue weighted by molar-refractivity contribution is 6.02. The third-order valence-corrected chi connectivity index (χ3v) is 5.13. The number of urea groups is 1. The highest BCUT2D eigenvalue weighted by Gasteiger charge is 2.24. The standard InChI is InChI=1S/C22H25N5O2/c1-29-19-13-8-7-12-18(19)27(22(28)23-17-10-4-2-5-11-17)16-21-25-24-20-14-6-3-9-15-26(20)21/h2,4-5,7-8,10-13H,3,6,9,14-16H2,1H3,(H,23,28). The molecule has 0 saturated carbocycles. The molecule has 0 saturated heterocycles. The van der Waals surface area contributed by atoms with Crippen LogP contribution in [-0.2, 0) is 19.5 Å². The lowest BCUT2D eigenvalue weighted by Gasteiger charge is -2.25. The number of aryl methyl sites for hydroxylation is 1. The fourth-order valence-electron chi connectivity index (χ4n) is 3.64. The molecule has 0 radical (unpaired) electrons. The number of nitrogens with one attached hydrogen (secondary N) is 1. The average molecular weight is 391 g/mol. The van der Waals surface area contributed by atoms with E-state index in [1.165, 1.54) is 6.42 Å². The number of fused-ring (bicyclic) bond motifs is 1. The van der Waals surface area contributed by atoms with Gasteiger partial charge in [0.25, 0.3) is 0 Å². The first-order valence-corrected chi connectivity index (χ1v) is 9.94. The molecule has 29 heavy (non-hydrogen) atoms. The molecule has 0 fully saturated rings. The van der Waals surface area contributed by atoms with Crippen molar-refractivity contribution in [1.82, 2.24) is 14.8 Å². The van der Waals surface area contributed by atoms with Crippen LogP contribution in [0.3, 0.4) is 0 Å². The van der Waals surface area contributed by atoms with Crippen molar-refractivity contribution in [3.05, 3.63) is 66.2 Å². The topological polar surface area (TPSA) is 72.3 Å². The zero-order chi connectivity index (χ0) is 20.1. The van der Waals surface area contributed by atoms with Crippen molar-refractivity contribution >= 4 is 17.4 Å². The Kier molecular flexibility index (Phi) is 5.74. The quantitative estimate of drug-likeness (QED) is 0.706. The van der Waals surface area contributed by atoms with Crippen molar-refractivity contribution in [2.45, 2.75) is 38.8 Å². The molecule has 0 aliphatic carbocycles. The Labute approximate surface area is 170 Å². The summed E-state index contributed by atoms with van der Waals surface area (Å²) in [6, 6.07) is 16.7. The summed E-state index contributed by atoms with van der Waals surface area (Å²) in [4.78, 5) is 14.9. The number of benzene rings is 2. The van der Waals surface area contributed by atoms with Crippen LogP contribution in [0.15, 0.2) is 54.6 Å². The van der Waals surface area contributed by atoms with Gasteiger partial charge in [-0.3, -0.25) is 4.90 Å². The molecule has 1 N–H and O–H groups in total. The lowest BCUT2D eigenvalue weighted by atomic mass is 10.2. The Morgan fingerprint density at radius 1 is 1.07 bits per heavy atom. The second-order valence-electron chi connectivity index (χ2n) is 7.05. The fourth-order valence-corrected chi connectivity index (χ4v) is 3.64. The fraction of sp³-hybridized carbons (Fsp3) is 0.318. The third kappa shape index (κ3) is 4.23. The van der Waals surface area contributed by atoms with E-state index < -0.39 is 0 Å². The Balaban J connectivity index is 1.67. The number of methoxy groups -OCH3 is 1. The van der Waals surface area contributed by atoms with Crippen LogP contribution in [0.1, 0.15) is 30.9 Å². The summed E-state index contributed by atoms with van der Waals surface area (Å²) in [6.45, 7) is 1.20. The first kappa shape index (κ1) is 19.0. The summed E-state index contributed by atoms with van der Waals surface area (Å²) >= 11 is 0. The first-order valence-electron chi connectivity index (χ1n) is 9.94. The van der Waals surface area contributed by atoms with Gasteiger partial charge in [-0.2, -0.15) is 0 Å². The smallest absolute Gasteiger partial charge is 0.326 e. The van der Waals surface area contributed by atoms with Gasteiger partial charge in [-0.15, -0.1) is 10.2 Å². The highest BCUT2D eigenvalue weighted by Crippen LogP contribution is 2.30. The number of rotatable bonds is 5. The van der Waals surface area contributed by atoms with Gasteiger partial charge in [-0.1, -0.05) is 36.8 Å². The van der Waals surface area contributed by atoms with E-state index in [0.29, 0.717) is 18.0 Å².